The molecule has 0 N–H and O–H groups in total. The monoisotopic (exact) mass is 689 g/mol. The molecule has 0 saturated carbocycles. The molecule has 0 fully saturated rings. The molecule has 6 aromatic rings. The van der Waals surface area contributed by atoms with Gasteiger partial charge in [0.05, 0.1) is 0 Å². The first-order chi connectivity index (χ1) is 21.3. The van der Waals surface area contributed by atoms with E-state index in [0.717, 1.165) is 0 Å². The van der Waals surface area contributed by atoms with Crippen molar-refractivity contribution in [3.63, 3.8) is 0 Å². The topological polar surface area (TPSA) is 12.4 Å². The number of halogens is 4. The van der Waals surface area contributed by atoms with Gasteiger partial charge in [0, 0.05) is 15.9 Å². The van der Waals surface area contributed by atoms with Crippen molar-refractivity contribution in [2.75, 3.05) is 0 Å². The van der Waals surface area contributed by atoms with Crippen LogP contribution in [0.4, 0.5) is 0 Å². The van der Waals surface area contributed by atoms with Gasteiger partial charge in [0.2, 0.25) is 7.41 Å². The first-order valence-corrected chi connectivity index (χ1v) is 19.3. The van der Waals surface area contributed by atoms with Crippen molar-refractivity contribution in [3.8, 4) is 0 Å². The van der Waals surface area contributed by atoms with E-state index in [9.17, 15) is 0 Å². The Labute approximate surface area is 280 Å². The third-order valence-electron chi connectivity index (χ3n) is 7.05. The van der Waals surface area contributed by atoms with Crippen LogP contribution in [0.5, 0.6) is 0 Å². The van der Waals surface area contributed by atoms with Gasteiger partial charge in [0.15, 0.2) is 0 Å². The zero-order valence-electron chi connectivity index (χ0n) is 23.8. The predicted octanol–water partition coefficient (Wildman–Crippen LogP) is 9.45. The third-order valence-corrected chi connectivity index (χ3v) is 15.5. The van der Waals surface area contributed by atoms with Crippen molar-refractivity contribution < 1.29 is 0 Å². The van der Waals surface area contributed by atoms with Gasteiger partial charge in [0.25, 0.3) is 0 Å². The highest BCUT2D eigenvalue weighted by atomic mass is 35.6. The SMILES string of the molecule is Cl[B-](Cl)(Cl)Cl.c1ccc(P(=N[P+](c2ccccc2)(c2ccccc2)c2ccccc2)(c2ccccc2)c2ccccc2)cc1. The number of hydrogen-bond acceptors (Lipinski definition) is 1. The van der Waals surface area contributed by atoms with Crippen LogP contribution in [0.15, 0.2) is 187 Å². The number of nitrogens with zero attached hydrogens (tertiary/aromatic N) is 1. The smallest absolute Gasteiger partial charge is 0.328 e. The van der Waals surface area contributed by atoms with Gasteiger partial charge < -0.3 is 45.8 Å². The lowest BCUT2D eigenvalue weighted by atomic mass is 10.4. The quantitative estimate of drug-likeness (QED) is 0.117. The molecule has 0 atom stereocenters. The molecule has 0 aliphatic rings. The lowest BCUT2D eigenvalue weighted by molar-refractivity contribution is 1.67. The van der Waals surface area contributed by atoms with Crippen molar-refractivity contribution in [1.29, 1.82) is 0 Å². The number of hydrogen-bond donors (Lipinski definition) is 0. The molecule has 220 valence electrons. The molecule has 0 aliphatic carbocycles. The first kappa shape index (κ1) is 32.6. The molecule has 6 rings (SSSR count). The van der Waals surface area contributed by atoms with Crippen LogP contribution >= 0.6 is 60.3 Å². The normalized spacial score (nSPS) is 11.6. The van der Waals surface area contributed by atoms with Crippen molar-refractivity contribution >= 4 is 95.9 Å². The van der Waals surface area contributed by atoms with Gasteiger partial charge in [-0.25, -0.2) is 0 Å². The van der Waals surface area contributed by atoms with Gasteiger partial charge in [-0.1, -0.05) is 146 Å². The van der Waals surface area contributed by atoms with Crippen LogP contribution in [0.2, 0.25) is 0 Å². The molecule has 0 spiro atoms. The molecule has 0 bridgehead atoms. The van der Waals surface area contributed by atoms with Gasteiger partial charge in [-0.05, 0) is 36.4 Å². The van der Waals surface area contributed by atoms with E-state index < -0.39 is 18.3 Å². The summed E-state index contributed by atoms with van der Waals surface area (Å²) in [7, 11) is -4.99. The predicted molar refractivity (Wildman–Crippen MR) is 202 cm³/mol. The minimum Gasteiger partial charge on any atom is -0.332 e. The lowest BCUT2D eigenvalue weighted by Gasteiger charge is -2.31. The fraction of sp³-hybridized carbons (Fsp3) is 0. The van der Waals surface area contributed by atoms with E-state index in [2.05, 4.69) is 182 Å². The van der Waals surface area contributed by atoms with E-state index in [1.54, 1.807) is 0 Å². The van der Waals surface area contributed by atoms with Crippen molar-refractivity contribution in [2.45, 2.75) is 0 Å². The number of benzene rings is 6. The Morgan fingerprint density at radius 1 is 0.364 bits per heavy atom. The minimum absolute atomic E-state index is 1.26. The summed E-state index contributed by atoms with van der Waals surface area (Å²) in [4.78, 5) is 0. The highest BCUT2D eigenvalue weighted by molar-refractivity contribution is 8.01. The Hall–Kier alpha value is -2.80. The van der Waals surface area contributed by atoms with Gasteiger partial charge in [-0.3, -0.25) is 0 Å². The van der Waals surface area contributed by atoms with Crippen LogP contribution in [-0.2, 0) is 0 Å². The highest BCUT2D eigenvalue weighted by Crippen LogP contribution is 2.65. The van der Waals surface area contributed by atoms with Crippen LogP contribution in [0, 0.1) is 0 Å². The Morgan fingerprint density at radius 2 is 0.568 bits per heavy atom. The Balaban J connectivity index is 0.000000712. The molecule has 1 nitrogen and oxygen atoms in total. The highest BCUT2D eigenvalue weighted by Gasteiger charge is 2.49. The van der Waals surface area contributed by atoms with Crippen molar-refractivity contribution in [2.24, 2.45) is 4.52 Å². The van der Waals surface area contributed by atoms with Gasteiger partial charge in [-0.15, -0.1) is 4.52 Å². The molecule has 0 aromatic heterocycles. The van der Waals surface area contributed by atoms with Gasteiger partial charge >= 0.3 is 3.81 Å². The average Bonchev–Trinajstić information content (AvgIpc) is 3.07. The van der Waals surface area contributed by atoms with Crippen LogP contribution in [0.25, 0.3) is 0 Å². The van der Waals surface area contributed by atoms with E-state index >= 15 is 0 Å². The second-order valence-electron chi connectivity index (χ2n) is 9.87. The molecule has 0 amide bonds. The molecule has 0 radical (unpaired) electrons. The summed E-state index contributed by atoms with van der Waals surface area (Å²) in [6.45, 7) is 0. The fourth-order valence-corrected chi connectivity index (χ4v) is 14.8. The Kier molecular flexibility index (Phi) is 11.1. The summed E-state index contributed by atoms with van der Waals surface area (Å²) in [5, 5.41) is 7.55. The lowest BCUT2D eigenvalue weighted by Crippen LogP contribution is -2.32. The van der Waals surface area contributed by atoms with E-state index in [-0.39, 0.29) is 0 Å². The largest absolute Gasteiger partial charge is 0.332 e. The zero-order valence-corrected chi connectivity index (χ0v) is 28.6. The van der Waals surface area contributed by atoms with E-state index in [4.69, 9.17) is 50.4 Å². The van der Waals surface area contributed by atoms with E-state index in [1.165, 1.54) is 31.8 Å². The molecule has 0 saturated heterocycles. The van der Waals surface area contributed by atoms with Crippen molar-refractivity contribution in [1.82, 2.24) is 0 Å². The second kappa shape index (κ2) is 15.0. The van der Waals surface area contributed by atoms with Gasteiger partial charge in [0.1, 0.15) is 23.0 Å². The maximum atomic E-state index is 6.38. The maximum Gasteiger partial charge on any atom is 0.328 e. The summed E-state index contributed by atoms with van der Waals surface area (Å²) < 4.78 is 4.27. The van der Waals surface area contributed by atoms with Crippen LogP contribution in [-0.4, -0.2) is 3.81 Å². The molecule has 0 unspecified atom stereocenters. The maximum absolute atomic E-state index is 6.38. The zero-order chi connectivity index (χ0) is 30.9. The van der Waals surface area contributed by atoms with Crippen LogP contribution in [0.3, 0.4) is 0 Å². The third kappa shape index (κ3) is 7.52. The summed E-state index contributed by atoms with van der Waals surface area (Å²) in [5.41, 5.74) is 0. The van der Waals surface area contributed by atoms with E-state index in [1.807, 2.05) is 0 Å². The Bertz CT molecular complexity index is 1580. The second-order valence-corrected chi connectivity index (χ2v) is 20.2. The molecular formula is C36H30BCl4NP2. The van der Waals surface area contributed by atoms with Gasteiger partial charge in [-0.2, -0.15) is 0 Å². The fourth-order valence-electron chi connectivity index (χ4n) is 5.27. The molecular weight excluding hydrogens is 661 g/mol. The number of rotatable bonds is 7. The van der Waals surface area contributed by atoms with E-state index in [0.29, 0.717) is 0 Å². The first-order valence-electron chi connectivity index (χ1n) is 14.1. The molecule has 0 heterocycles. The minimum atomic E-state index is -2.50. The van der Waals surface area contributed by atoms with Crippen molar-refractivity contribution in [3.05, 3.63) is 182 Å². The standard InChI is InChI=1S/C36H30NP2.BCl4/c1-7-19-31(20-8-1)38(32-21-9-2-10-22-32,33-23-11-3-12-24-33)37-39(34-25-13-4-14-26-34,35-27-15-5-16-28-35)36-29-17-6-18-30-36;2-1(3,4)5/h1-30H;/q+1;-1. The average molecular weight is 691 g/mol. The summed E-state index contributed by atoms with van der Waals surface area (Å²) in [6.07, 6.45) is 0. The molecule has 8 heteroatoms. The summed E-state index contributed by atoms with van der Waals surface area (Å²) >= 11 is 19.6. The summed E-state index contributed by atoms with van der Waals surface area (Å²) in [5.74, 6) is 0. The molecule has 0 aliphatic heterocycles. The molecule has 6 aromatic carbocycles. The van der Waals surface area contributed by atoms with Crippen LogP contribution in [0.1, 0.15) is 0 Å². The Morgan fingerprint density at radius 3 is 0.795 bits per heavy atom. The summed E-state index contributed by atoms with van der Waals surface area (Å²) in [6, 6.07) is 65.7. The van der Waals surface area contributed by atoms with Crippen LogP contribution < -0.4 is 31.8 Å². The molecule has 44 heavy (non-hydrogen) atoms.